The van der Waals surface area contributed by atoms with Crippen LogP contribution in [-0.2, 0) is 0 Å². The van der Waals surface area contributed by atoms with Gasteiger partial charge in [0.15, 0.2) is 0 Å². The monoisotopic (exact) mass is 263 g/mol. The SMILES string of the molecule is COc1ccc(C(=O)NC2(C)CCCCC2)c(O)c1. The van der Waals surface area contributed by atoms with Gasteiger partial charge in [-0.3, -0.25) is 4.79 Å². The van der Waals surface area contributed by atoms with Gasteiger partial charge in [-0.15, -0.1) is 0 Å². The van der Waals surface area contributed by atoms with E-state index in [-0.39, 0.29) is 17.2 Å². The molecule has 0 saturated heterocycles. The number of amides is 1. The first kappa shape index (κ1) is 13.7. The lowest BCUT2D eigenvalue weighted by atomic mass is 9.83. The fourth-order valence-corrected chi connectivity index (χ4v) is 2.63. The number of hydrogen-bond donors (Lipinski definition) is 2. The summed E-state index contributed by atoms with van der Waals surface area (Å²) in [7, 11) is 1.53. The molecule has 0 bridgehead atoms. The van der Waals surface area contributed by atoms with E-state index in [0.717, 1.165) is 25.7 Å². The molecule has 104 valence electrons. The number of carbonyl (C=O) groups is 1. The molecule has 19 heavy (non-hydrogen) atoms. The minimum absolute atomic E-state index is 0.0451. The first-order chi connectivity index (χ1) is 9.04. The summed E-state index contributed by atoms with van der Waals surface area (Å²) in [6, 6.07) is 4.73. The van der Waals surface area contributed by atoms with Crippen LogP contribution in [0.3, 0.4) is 0 Å². The highest BCUT2D eigenvalue weighted by Crippen LogP contribution is 2.29. The van der Waals surface area contributed by atoms with Gasteiger partial charge in [0, 0.05) is 11.6 Å². The van der Waals surface area contributed by atoms with E-state index < -0.39 is 0 Å². The number of phenols is 1. The highest BCUT2D eigenvalue weighted by Gasteiger charge is 2.29. The average Bonchev–Trinajstić information content (AvgIpc) is 2.38. The number of aromatic hydroxyl groups is 1. The summed E-state index contributed by atoms with van der Waals surface area (Å²) in [5, 5.41) is 12.9. The number of benzene rings is 1. The minimum Gasteiger partial charge on any atom is -0.507 e. The minimum atomic E-state index is -0.218. The van der Waals surface area contributed by atoms with Crippen LogP contribution in [0.4, 0.5) is 0 Å². The number of hydrogen-bond acceptors (Lipinski definition) is 3. The van der Waals surface area contributed by atoms with Gasteiger partial charge < -0.3 is 15.2 Å². The zero-order chi connectivity index (χ0) is 13.9. The standard InChI is InChI=1S/C15H21NO3/c1-15(8-4-3-5-9-15)16-14(18)12-7-6-11(19-2)10-13(12)17/h6-7,10,17H,3-5,8-9H2,1-2H3,(H,16,18). The van der Waals surface area contributed by atoms with Crippen LogP contribution in [0.15, 0.2) is 18.2 Å². The van der Waals surface area contributed by atoms with Crippen LogP contribution >= 0.6 is 0 Å². The van der Waals surface area contributed by atoms with E-state index in [1.165, 1.54) is 19.6 Å². The van der Waals surface area contributed by atoms with Crippen LogP contribution in [-0.4, -0.2) is 23.7 Å². The van der Waals surface area contributed by atoms with E-state index in [9.17, 15) is 9.90 Å². The van der Waals surface area contributed by atoms with Gasteiger partial charge >= 0.3 is 0 Å². The van der Waals surface area contributed by atoms with E-state index >= 15 is 0 Å². The zero-order valence-corrected chi connectivity index (χ0v) is 11.5. The first-order valence-electron chi connectivity index (χ1n) is 6.74. The second-order valence-electron chi connectivity index (χ2n) is 5.46. The molecule has 1 aromatic rings. The molecule has 0 atom stereocenters. The quantitative estimate of drug-likeness (QED) is 0.881. The lowest BCUT2D eigenvalue weighted by Crippen LogP contribution is -2.47. The van der Waals surface area contributed by atoms with Crippen molar-refractivity contribution in [3.05, 3.63) is 23.8 Å². The van der Waals surface area contributed by atoms with E-state index in [4.69, 9.17) is 4.74 Å². The Morgan fingerprint density at radius 2 is 2.00 bits per heavy atom. The molecular weight excluding hydrogens is 242 g/mol. The molecule has 2 rings (SSSR count). The number of phenolic OH excluding ortho intramolecular Hbond substituents is 1. The molecule has 0 heterocycles. The summed E-state index contributed by atoms with van der Waals surface area (Å²) in [6.45, 7) is 2.07. The molecule has 0 spiro atoms. The normalized spacial score (nSPS) is 17.8. The molecule has 0 aromatic heterocycles. The predicted molar refractivity (Wildman–Crippen MR) is 73.6 cm³/mol. The fourth-order valence-electron chi connectivity index (χ4n) is 2.63. The molecule has 0 unspecified atom stereocenters. The van der Waals surface area contributed by atoms with Crippen molar-refractivity contribution in [3.8, 4) is 11.5 Å². The van der Waals surface area contributed by atoms with Crippen LogP contribution in [0, 0.1) is 0 Å². The Morgan fingerprint density at radius 1 is 1.32 bits per heavy atom. The molecule has 2 N–H and O–H groups in total. The number of methoxy groups -OCH3 is 1. The Labute approximate surface area is 113 Å². The molecule has 1 amide bonds. The largest absolute Gasteiger partial charge is 0.507 e. The number of ether oxygens (including phenoxy) is 1. The van der Waals surface area contributed by atoms with Crippen LogP contribution < -0.4 is 10.1 Å². The van der Waals surface area contributed by atoms with Gasteiger partial charge in [0.05, 0.1) is 12.7 Å². The first-order valence-corrected chi connectivity index (χ1v) is 6.74. The summed E-state index contributed by atoms with van der Waals surface area (Å²) >= 11 is 0. The van der Waals surface area contributed by atoms with Crippen LogP contribution in [0.2, 0.25) is 0 Å². The molecule has 1 saturated carbocycles. The van der Waals surface area contributed by atoms with Crippen LogP contribution in [0.25, 0.3) is 0 Å². The maximum atomic E-state index is 12.2. The predicted octanol–water partition coefficient (Wildman–Crippen LogP) is 2.85. The Hall–Kier alpha value is -1.71. The van der Waals surface area contributed by atoms with Gasteiger partial charge in [0.2, 0.25) is 0 Å². The molecule has 4 nitrogen and oxygen atoms in total. The number of carbonyl (C=O) groups excluding carboxylic acids is 1. The van der Waals surface area contributed by atoms with Crippen molar-refractivity contribution < 1.29 is 14.6 Å². The smallest absolute Gasteiger partial charge is 0.255 e. The van der Waals surface area contributed by atoms with E-state index in [1.807, 2.05) is 0 Å². The lowest BCUT2D eigenvalue weighted by molar-refractivity contribution is 0.0880. The van der Waals surface area contributed by atoms with Gasteiger partial charge in [-0.25, -0.2) is 0 Å². The Kier molecular flexibility index (Phi) is 3.98. The Morgan fingerprint density at radius 3 is 2.58 bits per heavy atom. The van der Waals surface area contributed by atoms with Gasteiger partial charge in [0.1, 0.15) is 11.5 Å². The maximum Gasteiger partial charge on any atom is 0.255 e. The Balaban J connectivity index is 2.11. The fraction of sp³-hybridized carbons (Fsp3) is 0.533. The maximum absolute atomic E-state index is 12.2. The highest BCUT2D eigenvalue weighted by molar-refractivity contribution is 5.97. The van der Waals surface area contributed by atoms with Gasteiger partial charge in [-0.2, -0.15) is 0 Å². The molecule has 4 heteroatoms. The number of rotatable bonds is 3. The van der Waals surface area contributed by atoms with Crippen molar-refractivity contribution in [1.29, 1.82) is 0 Å². The average molecular weight is 263 g/mol. The van der Waals surface area contributed by atoms with Gasteiger partial charge in [0.25, 0.3) is 5.91 Å². The van der Waals surface area contributed by atoms with Crippen LogP contribution in [0.1, 0.15) is 49.4 Å². The van der Waals surface area contributed by atoms with Crippen molar-refractivity contribution >= 4 is 5.91 Å². The number of nitrogens with one attached hydrogen (secondary N) is 1. The summed E-state index contributed by atoms with van der Waals surface area (Å²) in [5.41, 5.74) is 0.148. The van der Waals surface area contributed by atoms with Crippen LogP contribution in [0.5, 0.6) is 11.5 Å². The second kappa shape index (κ2) is 5.51. The molecule has 1 aliphatic carbocycles. The highest BCUT2D eigenvalue weighted by atomic mass is 16.5. The van der Waals surface area contributed by atoms with Crippen molar-refractivity contribution in [1.82, 2.24) is 5.32 Å². The third kappa shape index (κ3) is 3.19. The van der Waals surface area contributed by atoms with Crippen molar-refractivity contribution in [3.63, 3.8) is 0 Å². The third-order valence-electron chi connectivity index (χ3n) is 3.82. The Bertz CT molecular complexity index is 464. The van der Waals surface area contributed by atoms with Gasteiger partial charge in [-0.05, 0) is 31.9 Å². The topological polar surface area (TPSA) is 58.6 Å². The lowest BCUT2D eigenvalue weighted by Gasteiger charge is -2.34. The molecule has 0 radical (unpaired) electrons. The van der Waals surface area contributed by atoms with Gasteiger partial charge in [-0.1, -0.05) is 19.3 Å². The van der Waals surface area contributed by atoms with Crippen molar-refractivity contribution in [2.45, 2.75) is 44.6 Å². The summed E-state index contributed by atoms with van der Waals surface area (Å²) in [6.07, 6.45) is 5.52. The van der Waals surface area contributed by atoms with Crippen molar-refractivity contribution in [2.75, 3.05) is 7.11 Å². The molecule has 1 aromatic carbocycles. The summed E-state index contributed by atoms with van der Waals surface area (Å²) in [5.74, 6) is 0.277. The molecule has 1 aliphatic rings. The van der Waals surface area contributed by atoms with E-state index in [0.29, 0.717) is 11.3 Å². The molecular formula is C15H21NO3. The molecule has 0 aliphatic heterocycles. The van der Waals surface area contributed by atoms with E-state index in [2.05, 4.69) is 12.2 Å². The second-order valence-corrected chi connectivity index (χ2v) is 5.46. The summed E-state index contributed by atoms with van der Waals surface area (Å²) < 4.78 is 5.01. The van der Waals surface area contributed by atoms with E-state index in [1.54, 1.807) is 12.1 Å². The summed E-state index contributed by atoms with van der Waals surface area (Å²) in [4.78, 5) is 12.2. The third-order valence-corrected chi connectivity index (χ3v) is 3.82. The molecule has 1 fully saturated rings. The van der Waals surface area contributed by atoms with Crippen molar-refractivity contribution in [2.24, 2.45) is 0 Å². The zero-order valence-electron chi connectivity index (χ0n) is 11.5.